The smallest absolute Gasteiger partial charge is 0.118 e. The summed E-state index contributed by atoms with van der Waals surface area (Å²) in [4.78, 5) is 0.557. The van der Waals surface area contributed by atoms with E-state index in [9.17, 15) is 0 Å². The van der Waals surface area contributed by atoms with Crippen molar-refractivity contribution in [2.24, 2.45) is 5.92 Å². The van der Waals surface area contributed by atoms with E-state index >= 15 is 0 Å². The topological polar surface area (TPSA) is 9.23 Å². The molecule has 2 aromatic rings. The van der Waals surface area contributed by atoms with E-state index in [2.05, 4.69) is 58.4 Å². The van der Waals surface area contributed by atoms with Crippen molar-refractivity contribution in [1.29, 1.82) is 0 Å². The first-order chi connectivity index (χ1) is 9.78. The van der Waals surface area contributed by atoms with Gasteiger partial charge in [0.2, 0.25) is 0 Å². The van der Waals surface area contributed by atoms with E-state index in [0.717, 1.165) is 24.0 Å². The molecule has 2 heteroatoms. The van der Waals surface area contributed by atoms with Crippen LogP contribution in [0.2, 0.25) is 0 Å². The molecule has 1 nitrogen and oxygen atoms in total. The molecule has 2 aromatic carbocycles. The normalized spacial score (nSPS) is 22.3. The maximum absolute atomic E-state index is 5.20. The number of hydrogen-bond acceptors (Lipinski definition) is 1. The van der Waals surface area contributed by atoms with Crippen molar-refractivity contribution in [3.63, 3.8) is 0 Å². The van der Waals surface area contributed by atoms with Gasteiger partial charge in [0.25, 0.3) is 0 Å². The third kappa shape index (κ3) is 3.06. The zero-order valence-electron chi connectivity index (χ0n) is 11.6. The fraction of sp³-hybridized carbons (Fsp3) is 0.333. The Morgan fingerprint density at radius 2 is 1.80 bits per heavy atom. The third-order valence-electron chi connectivity index (χ3n) is 4.12. The van der Waals surface area contributed by atoms with Crippen LogP contribution in [0.5, 0.6) is 5.75 Å². The minimum atomic E-state index is 0.557. The quantitative estimate of drug-likeness (QED) is 0.715. The fourth-order valence-corrected chi connectivity index (χ4v) is 3.79. The summed E-state index contributed by atoms with van der Waals surface area (Å²) in [5.74, 6) is 2.42. The standard InChI is InChI=1S/C18H19BrO/c1-20-15-9-7-13(8-10-15)11-18(19)17-12-16(17)14-5-3-2-4-6-14/h2-10,16-18H,11-12H2,1H3. The van der Waals surface area contributed by atoms with Gasteiger partial charge in [-0.05, 0) is 47.9 Å². The summed E-state index contributed by atoms with van der Waals surface area (Å²) in [6.07, 6.45) is 2.38. The highest BCUT2D eigenvalue weighted by molar-refractivity contribution is 9.09. The summed E-state index contributed by atoms with van der Waals surface area (Å²) >= 11 is 3.88. The van der Waals surface area contributed by atoms with E-state index in [1.165, 1.54) is 17.5 Å². The predicted octanol–water partition coefficient (Wildman–Crippen LogP) is 4.80. The van der Waals surface area contributed by atoms with E-state index in [1.807, 2.05) is 12.1 Å². The van der Waals surface area contributed by atoms with Crippen LogP contribution < -0.4 is 4.74 Å². The molecule has 3 rings (SSSR count). The van der Waals surface area contributed by atoms with E-state index in [4.69, 9.17) is 4.74 Å². The number of alkyl halides is 1. The van der Waals surface area contributed by atoms with Gasteiger partial charge < -0.3 is 4.74 Å². The Labute approximate surface area is 129 Å². The van der Waals surface area contributed by atoms with Crippen LogP contribution in [0.15, 0.2) is 54.6 Å². The number of halogens is 1. The van der Waals surface area contributed by atoms with Gasteiger partial charge in [0.1, 0.15) is 5.75 Å². The van der Waals surface area contributed by atoms with Crippen molar-refractivity contribution >= 4 is 15.9 Å². The SMILES string of the molecule is COc1ccc(CC(Br)C2CC2c2ccccc2)cc1. The van der Waals surface area contributed by atoms with E-state index in [0.29, 0.717) is 4.83 Å². The molecule has 0 amide bonds. The van der Waals surface area contributed by atoms with Crippen LogP contribution in [0, 0.1) is 5.92 Å². The molecule has 0 aromatic heterocycles. The first-order valence-electron chi connectivity index (χ1n) is 7.10. The van der Waals surface area contributed by atoms with Gasteiger partial charge in [0.05, 0.1) is 7.11 Å². The van der Waals surface area contributed by atoms with Crippen LogP contribution in [0.25, 0.3) is 0 Å². The van der Waals surface area contributed by atoms with Crippen molar-refractivity contribution in [2.75, 3.05) is 7.11 Å². The van der Waals surface area contributed by atoms with Crippen molar-refractivity contribution in [3.8, 4) is 5.75 Å². The third-order valence-corrected chi connectivity index (χ3v) is 5.12. The molecule has 1 aliphatic rings. The summed E-state index contributed by atoms with van der Waals surface area (Å²) in [5, 5.41) is 0. The molecule has 1 saturated carbocycles. The maximum atomic E-state index is 5.20. The lowest BCUT2D eigenvalue weighted by molar-refractivity contribution is 0.414. The average molecular weight is 331 g/mol. The van der Waals surface area contributed by atoms with E-state index in [-0.39, 0.29) is 0 Å². The van der Waals surface area contributed by atoms with Gasteiger partial charge in [-0.2, -0.15) is 0 Å². The Bertz CT molecular complexity index is 549. The zero-order valence-corrected chi connectivity index (χ0v) is 13.2. The summed E-state index contributed by atoms with van der Waals surface area (Å²) in [7, 11) is 1.71. The van der Waals surface area contributed by atoms with Gasteiger partial charge in [-0.15, -0.1) is 0 Å². The molecule has 0 bridgehead atoms. The lowest BCUT2D eigenvalue weighted by Crippen LogP contribution is -2.06. The second-order valence-corrected chi connectivity index (χ2v) is 6.66. The Hall–Kier alpha value is -1.28. The lowest BCUT2D eigenvalue weighted by Gasteiger charge is -2.10. The zero-order chi connectivity index (χ0) is 13.9. The Morgan fingerprint density at radius 1 is 1.10 bits per heavy atom. The van der Waals surface area contributed by atoms with Crippen LogP contribution in [-0.2, 0) is 6.42 Å². The summed E-state index contributed by atoms with van der Waals surface area (Å²) in [5.41, 5.74) is 2.85. The molecule has 0 heterocycles. The molecule has 20 heavy (non-hydrogen) atoms. The largest absolute Gasteiger partial charge is 0.497 e. The highest BCUT2D eigenvalue weighted by Gasteiger charge is 2.42. The van der Waals surface area contributed by atoms with E-state index < -0.39 is 0 Å². The van der Waals surface area contributed by atoms with Crippen LogP contribution in [-0.4, -0.2) is 11.9 Å². The van der Waals surface area contributed by atoms with Crippen LogP contribution in [0.1, 0.15) is 23.5 Å². The molecule has 1 fully saturated rings. The van der Waals surface area contributed by atoms with Crippen LogP contribution >= 0.6 is 15.9 Å². The lowest BCUT2D eigenvalue weighted by atomic mass is 10.0. The molecule has 104 valence electrons. The molecule has 0 radical (unpaired) electrons. The van der Waals surface area contributed by atoms with Gasteiger partial charge >= 0.3 is 0 Å². The Morgan fingerprint density at radius 3 is 2.45 bits per heavy atom. The van der Waals surface area contributed by atoms with Crippen molar-refractivity contribution < 1.29 is 4.74 Å². The predicted molar refractivity (Wildman–Crippen MR) is 86.7 cm³/mol. The number of ether oxygens (including phenoxy) is 1. The number of rotatable bonds is 5. The van der Waals surface area contributed by atoms with Crippen LogP contribution in [0.3, 0.4) is 0 Å². The van der Waals surface area contributed by atoms with Gasteiger partial charge in [0.15, 0.2) is 0 Å². The number of benzene rings is 2. The number of hydrogen-bond donors (Lipinski definition) is 0. The second kappa shape index (κ2) is 6.01. The highest BCUT2D eigenvalue weighted by Crippen LogP contribution is 2.52. The molecule has 3 atom stereocenters. The Kier molecular flexibility index (Phi) is 4.11. The van der Waals surface area contributed by atoms with Crippen LogP contribution in [0.4, 0.5) is 0 Å². The second-order valence-electron chi connectivity index (χ2n) is 5.48. The van der Waals surface area contributed by atoms with Crippen molar-refractivity contribution in [3.05, 3.63) is 65.7 Å². The van der Waals surface area contributed by atoms with Gasteiger partial charge in [-0.25, -0.2) is 0 Å². The molecule has 0 spiro atoms. The Balaban J connectivity index is 1.59. The van der Waals surface area contributed by atoms with Crippen molar-refractivity contribution in [1.82, 2.24) is 0 Å². The fourth-order valence-electron chi connectivity index (χ4n) is 2.84. The monoisotopic (exact) mass is 330 g/mol. The average Bonchev–Trinajstić information content (AvgIpc) is 3.29. The van der Waals surface area contributed by atoms with Gasteiger partial charge in [-0.1, -0.05) is 58.4 Å². The van der Waals surface area contributed by atoms with Gasteiger partial charge in [0, 0.05) is 4.83 Å². The molecule has 0 N–H and O–H groups in total. The number of methoxy groups -OCH3 is 1. The van der Waals surface area contributed by atoms with Gasteiger partial charge in [-0.3, -0.25) is 0 Å². The molecule has 0 aliphatic heterocycles. The molecule has 3 unspecified atom stereocenters. The minimum Gasteiger partial charge on any atom is -0.497 e. The molecule has 0 saturated heterocycles. The molecule has 1 aliphatic carbocycles. The van der Waals surface area contributed by atoms with E-state index in [1.54, 1.807) is 7.11 Å². The maximum Gasteiger partial charge on any atom is 0.118 e. The first-order valence-corrected chi connectivity index (χ1v) is 8.01. The molecular formula is C18H19BrO. The van der Waals surface area contributed by atoms with Crippen molar-refractivity contribution in [2.45, 2.75) is 23.6 Å². The minimum absolute atomic E-state index is 0.557. The first kappa shape index (κ1) is 13.7. The molecular weight excluding hydrogens is 312 g/mol. The summed E-state index contributed by atoms with van der Waals surface area (Å²) in [6.45, 7) is 0. The highest BCUT2D eigenvalue weighted by atomic mass is 79.9. The summed E-state index contributed by atoms with van der Waals surface area (Å²) in [6, 6.07) is 19.3. The summed E-state index contributed by atoms with van der Waals surface area (Å²) < 4.78 is 5.20.